The number of carbonyl (C=O) groups excluding carboxylic acids is 1. The molecule has 2 heterocycles. The Morgan fingerprint density at radius 2 is 2.18 bits per heavy atom. The van der Waals surface area contributed by atoms with Gasteiger partial charge in [-0.05, 0) is 43.9 Å². The molecule has 5 nitrogen and oxygen atoms in total. The Balaban J connectivity index is 1.63. The number of anilines is 1. The number of rotatable bonds is 4. The van der Waals surface area contributed by atoms with Crippen molar-refractivity contribution in [2.75, 3.05) is 11.9 Å². The first-order valence-electron chi connectivity index (χ1n) is 7.50. The highest BCUT2D eigenvalue weighted by molar-refractivity contribution is 6.31. The first-order valence-corrected chi connectivity index (χ1v) is 7.88. The van der Waals surface area contributed by atoms with Gasteiger partial charge >= 0.3 is 5.97 Å². The van der Waals surface area contributed by atoms with E-state index in [9.17, 15) is 14.7 Å². The van der Waals surface area contributed by atoms with Gasteiger partial charge in [0.1, 0.15) is 0 Å². The molecule has 3 atom stereocenters. The molecule has 2 N–H and O–H groups in total. The number of amides is 1. The number of fused-ring (bicyclic) bond motifs is 2. The van der Waals surface area contributed by atoms with Gasteiger partial charge in [0.05, 0.1) is 12.5 Å². The zero-order chi connectivity index (χ0) is 15.9. The van der Waals surface area contributed by atoms with E-state index in [-0.39, 0.29) is 30.5 Å². The molecular weight excluding hydrogens is 304 g/mol. The highest BCUT2D eigenvalue weighted by Crippen LogP contribution is 2.41. The number of halogens is 1. The molecule has 0 aromatic heterocycles. The van der Waals surface area contributed by atoms with Crippen molar-refractivity contribution in [3.05, 3.63) is 28.8 Å². The monoisotopic (exact) mass is 322 g/mol. The quantitative estimate of drug-likeness (QED) is 0.893. The molecule has 118 valence electrons. The Kier molecular flexibility index (Phi) is 4.10. The van der Waals surface area contributed by atoms with Gasteiger partial charge in [0.2, 0.25) is 5.91 Å². The van der Waals surface area contributed by atoms with E-state index >= 15 is 0 Å². The molecule has 1 amide bonds. The van der Waals surface area contributed by atoms with Crippen molar-refractivity contribution in [3.8, 4) is 0 Å². The molecule has 2 aliphatic rings. The van der Waals surface area contributed by atoms with Gasteiger partial charge in [-0.25, -0.2) is 0 Å². The molecule has 0 saturated carbocycles. The molecule has 0 radical (unpaired) electrons. The van der Waals surface area contributed by atoms with Crippen molar-refractivity contribution < 1.29 is 14.7 Å². The highest BCUT2D eigenvalue weighted by Gasteiger charge is 2.49. The lowest BCUT2D eigenvalue weighted by atomic mass is 9.89. The predicted octanol–water partition coefficient (Wildman–Crippen LogP) is 2.52. The standard InChI is InChI=1S/C16H19ClN2O3/c1-9-2-3-10(6-13(9)17)18-15(20)8-19-11-4-5-14(19)12(7-11)16(21)22/h2-3,6,11-12,14H,4-5,7-8H2,1H3,(H,18,20)(H,21,22). The SMILES string of the molecule is Cc1ccc(NC(=O)CN2C3CCC2C(C(=O)O)C3)cc1Cl. The number of benzene rings is 1. The summed E-state index contributed by atoms with van der Waals surface area (Å²) in [6.07, 6.45) is 2.51. The average molecular weight is 323 g/mol. The van der Waals surface area contributed by atoms with Crippen LogP contribution in [-0.4, -0.2) is 40.5 Å². The van der Waals surface area contributed by atoms with Crippen LogP contribution >= 0.6 is 11.6 Å². The molecule has 3 unspecified atom stereocenters. The summed E-state index contributed by atoms with van der Waals surface area (Å²) in [4.78, 5) is 25.5. The molecule has 2 bridgehead atoms. The number of aryl methyl sites for hydroxylation is 1. The Morgan fingerprint density at radius 1 is 1.41 bits per heavy atom. The van der Waals surface area contributed by atoms with Crippen molar-refractivity contribution in [2.45, 2.75) is 38.3 Å². The first kappa shape index (κ1) is 15.3. The molecular formula is C16H19ClN2O3. The third-order valence-corrected chi connectivity index (χ3v) is 5.19. The van der Waals surface area contributed by atoms with Gasteiger partial charge in [0.15, 0.2) is 0 Å². The Labute approximate surface area is 134 Å². The number of nitrogens with one attached hydrogen (secondary N) is 1. The molecule has 2 saturated heterocycles. The summed E-state index contributed by atoms with van der Waals surface area (Å²) in [7, 11) is 0. The normalized spacial score (nSPS) is 27.1. The fourth-order valence-electron chi connectivity index (χ4n) is 3.65. The molecule has 0 aliphatic carbocycles. The van der Waals surface area contributed by atoms with Crippen molar-refractivity contribution in [2.24, 2.45) is 5.92 Å². The fraction of sp³-hybridized carbons (Fsp3) is 0.500. The molecule has 2 fully saturated rings. The van der Waals surface area contributed by atoms with Crippen molar-refractivity contribution in [1.82, 2.24) is 4.90 Å². The lowest BCUT2D eigenvalue weighted by Gasteiger charge is -2.22. The number of hydrogen-bond acceptors (Lipinski definition) is 3. The number of carboxylic acid groups (broad SMARTS) is 1. The van der Waals surface area contributed by atoms with Crippen LogP contribution < -0.4 is 5.32 Å². The minimum absolute atomic E-state index is 0.00476. The van der Waals surface area contributed by atoms with E-state index in [4.69, 9.17) is 11.6 Å². The van der Waals surface area contributed by atoms with E-state index in [1.807, 2.05) is 24.0 Å². The van der Waals surface area contributed by atoms with Crippen LogP contribution in [0.25, 0.3) is 0 Å². The number of aliphatic carboxylic acids is 1. The maximum absolute atomic E-state index is 12.2. The summed E-state index contributed by atoms with van der Waals surface area (Å²) in [5.74, 6) is -1.20. The Bertz CT molecular complexity index is 619. The topological polar surface area (TPSA) is 69.6 Å². The Morgan fingerprint density at radius 3 is 2.82 bits per heavy atom. The maximum Gasteiger partial charge on any atom is 0.308 e. The van der Waals surface area contributed by atoms with Crippen LogP contribution in [0.15, 0.2) is 18.2 Å². The van der Waals surface area contributed by atoms with Crippen molar-refractivity contribution in [1.29, 1.82) is 0 Å². The lowest BCUT2D eigenvalue weighted by Crippen LogP contribution is -2.38. The summed E-state index contributed by atoms with van der Waals surface area (Å²) in [6.45, 7) is 2.15. The molecule has 6 heteroatoms. The third kappa shape index (κ3) is 2.83. The van der Waals surface area contributed by atoms with Gasteiger partial charge in [0.25, 0.3) is 0 Å². The van der Waals surface area contributed by atoms with Crippen LogP contribution in [0, 0.1) is 12.8 Å². The van der Waals surface area contributed by atoms with E-state index in [1.54, 1.807) is 6.07 Å². The second-order valence-electron chi connectivity index (χ2n) is 6.16. The van der Waals surface area contributed by atoms with Crippen molar-refractivity contribution in [3.63, 3.8) is 0 Å². The minimum atomic E-state index is -0.747. The predicted molar refractivity (Wildman–Crippen MR) is 84.1 cm³/mol. The van der Waals surface area contributed by atoms with E-state index in [0.29, 0.717) is 17.1 Å². The van der Waals surface area contributed by atoms with Gasteiger partial charge in [-0.1, -0.05) is 17.7 Å². The first-order chi connectivity index (χ1) is 10.5. The van der Waals surface area contributed by atoms with Gasteiger partial charge in [-0.3, -0.25) is 14.5 Å². The second kappa shape index (κ2) is 5.89. The number of carbonyl (C=O) groups is 2. The summed E-state index contributed by atoms with van der Waals surface area (Å²) in [5, 5.41) is 12.7. The average Bonchev–Trinajstić information content (AvgIpc) is 3.00. The fourth-order valence-corrected chi connectivity index (χ4v) is 3.83. The zero-order valence-corrected chi connectivity index (χ0v) is 13.1. The van der Waals surface area contributed by atoms with Gasteiger partial charge in [-0.2, -0.15) is 0 Å². The summed E-state index contributed by atoms with van der Waals surface area (Å²) in [5.41, 5.74) is 1.63. The molecule has 3 rings (SSSR count). The van der Waals surface area contributed by atoms with Crippen LogP contribution in [0.2, 0.25) is 5.02 Å². The van der Waals surface area contributed by atoms with E-state index < -0.39 is 5.97 Å². The van der Waals surface area contributed by atoms with E-state index in [2.05, 4.69) is 5.32 Å². The summed E-state index contributed by atoms with van der Waals surface area (Å²) >= 11 is 6.05. The molecule has 0 spiro atoms. The zero-order valence-electron chi connectivity index (χ0n) is 12.4. The molecule has 1 aromatic carbocycles. The highest BCUT2D eigenvalue weighted by atomic mass is 35.5. The lowest BCUT2D eigenvalue weighted by molar-refractivity contribution is -0.142. The van der Waals surface area contributed by atoms with Crippen LogP contribution in [0.4, 0.5) is 5.69 Å². The molecule has 2 aliphatic heterocycles. The van der Waals surface area contributed by atoms with Crippen LogP contribution in [0.5, 0.6) is 0 Å². The van der Waals surface area contributed by atoms with Crippen molar-refractivity contribution >= 4 is 29.2 Å². The van der Waals surface area contributed by atoms with Crippen LogP contribution in [0.1, 0.15) is 24.8 Å². The minimum Gasteiger partial charge on any atom is -0.481 e. The van der Waals surface area contributed by atoms with Crippen LogP contribution in [0.3, 0.4) is 0 Å². The number of hydrogen-bond donors (Lipinski definition) is 2. The van der Waals surface area contributed by atoms with E-state index in [0.717, 1.165) is 18.4 Å². The van der Waals surface area contributed by atoms with Gasteiger partial charge in [-0.15, -0.1) is 0 Å². The summed E-state index contributed by atoms with van der Waals surface area (Å²) < 4.78 is 0. The summed E-state index contributed by atoms with van der Waals surface area (Å²) in [6, 6.07) is 5.62. The molecule has 22 heavy (non-hydrogen) atoms. The third-order valence-electron chi connectivity index (χ3n) is 4.78. The smallest absolute Gasteiger partial charge is 0.308 e. The largest absolute Gasteiger partial charge is 0.481 e. The van der Waals surface area contributed by atoms with Crippen LogP contribution in [-0.2, 0) is 9.59 Å². The maximum atomic E-state index is 12.2. The second-order valence-corrected chi connectivity index (χ2v) is 6.57. The van der Waals surface area contributed by atoms with E-state index in [1.165, 1.54) is 0 Å². The molecule has 1 aromatic rings. The van der Waals surface area contributed by atoms with Gasteiger partial charge in [0, 0.05) is 22.8 Å². The number of carboxylic acids is 1. The Hall–Kier alpha value is -1.59. The van der Waals surface area contributed by atoms with Gasteiger partial charge < -0.3 is 10.4 Å². The number of nitrogens with zero attached hydrogens (tertiary/aromatic N) is 1.